The second kappa shape index (κ2) is 5.26. The van der Waals surface area contributed by atoms with Gasteiger partial charge in [-0.15, -0.1) is 0 Å². The van der Waals surface area contributed by atoms with Crippen molar-refractivity contribution in [3.8, 4) is 0 Å². The molecule has 1 aromatic rings. The van der Waals surface area contributed by atoms with Gasteiger partial charge in [-0.05, 0) is 24.1 Å². The molecule has 0 N–H and O–H groups in total. The summed E-state index contributed by atoms with van der Waals surface area (Å²) in [6, 6.07) is 6.15. The van der Waals surface area contributed by atoms with E-state index in [0.717, 1.165) is 11.1 Å². The number of benzene rings is 1. The fourth-order valence-corrected chi connectivity index (χ4v) is 2.02. The Kier molecular flexibility index (Phi) is 3.69. The summed E-state index contributed by atoms with van der Waals surface area (Å²) in [4.78, 5) is 15.7. The van der Waals surface area contributed by atoms with Gasteiger partial charge in [0, 0.05) is 18.8 Å². The zero-order valence-electron chi connectivity index (χ0n) is 11.2. The number of carbonyl (C=O) groups excluding carboxylic acids is 1. The second-order valence-electron chi connectivity index (χ2n) is 4.55. The van der Waals surface area contributed by atoms with E-state index in [-0.39, 0.29) is 11.7 Å². The first kappa shape index (κ1) is 13.3. The molecule has 0 atom stereocenters. The highest BCUT2D eigenvalue weighted by Gasteiger charge is 2.26. The van der Waals surface area contributed by atoms with Gasteiger partial charge in [0.1, 0.15) is 11.6 Å². The highest BCUT2D eigenvalue weighted by atomic mass is 19.1. The molecule has 0 aliphatic carbocycles. The number of carbonyl (C=O) groups is 1. The van der Waals surface area contributed by atoms with Gasteiger partial charge in [-0.25, -0.2) is 4.39 Å². The topological polar surface area (TPSA) is 23.6 Å². The molecule has 19 heavy (non-hydrogen) atoms. The molecule has 1 heterocycles. The predicted octanol–water partition coefficient (Wildman–Crippen LogP) is 2.86. The van der Waals surface area contributed by atoms with Gasteiger partial charge in [0.25, 0.3) is 5.91 Å². The molecule has 0 aromatic heterocycles. The van der Waals surface area contributed by atoms with E-state index < -0.39 is 0 Å². The Labute approximate surface area is 112 Å². The van der Waals surface area contributed by atoms with Crippen molar-refractivity contribution in [1.29, 1.82) is 0 Å². The quantitative estimate of drug-likeness (QED) is 0.834. The van der Waals surface area contributed by atoms with Crippen LogP contribution >= 0.6 is 0 Å². The molecule has 1 amide bonds. The van der Waals surface area contributed by atoms with Gasteiger partial charge < -0.3 is 4.90 Å². The summed E-state index contributed by atoms with van der Waals surface area (Å²) in [6.45, 7) is 6.27. The maximum Gasteiger partial charge on any atom is 0.257 e. The number of nitrogens with zero attached hydrogens (tertiary/aromatic N) is 2. The Morgan fingerprint density at radius 1 is 1.26 bits per heavy atom. The van der Waals surface area contributed by atoms with Gasteiger partial charge in [0.15, 0.2) is 0 Å². The lowest BCUT2D eigenvalue weighted by molar-refractivity contribution is -0.127. The number of halogens is 1. The van der Waals surface area contributed by atoms with Crippen LogP contribution in [-0.2, 0) is 11.3 Å². The van der Waals surface area contributed by atoms with E-state index in [9.17, 15) is 9.18 Å². The van der Waals surface area contributed by atoms with Crippen molar-refractivity contribution in [3.05, 3.63) is 59.8 Å². The number of rotatable bonds is 3. The maximum atomic E-state index is 12.9. The SMILES string of the molecule is C=C1N(C)C=C(CC)C(=O)N1Cc1ccc(F)cc1. The van der Waals surface area contributed by atoms with Gasteiger partial charge in [0.05, 0.1) is 6.54 Å². The van der Waals surface area contributed by atoms with Crippen LogP contribution in [0.25, 0.3) is 0 Å². The molecule has 2 rings (SSSR count). The van der Waals surface area contributed by atoms with Crippen LogP contribution in [0.15, 0.2) is 48.4 Å². The Morgan fingerprint density at radius 3 is 2.47 bits per heavy atom. The van der Waals surface area contributed by atoms with Gasteiger partial charge in [-0.3, -0.25) is 9.69 Å². The van der Waals surface area contributed by atoms with Crippen molar-refractivity contribution >= 4 is 5.91 Å². The van der Waals surface area contributed by atoms with Crippen molar-refractivity contribution < 1.29 is 9.18 Å². The third-order valence-corrected chi connectivity index (χ3v) is 3.22. The van der Waals surface area contributed by atoms with Crippen LogP contribution in [0.4, 0.5) is 4.39 Å². The minimum atomic E-state index is -0.279. The molecule has 100 valence electrons. The molecule has 0 fully saturated rings. The summed E-state index contributed by atoms with van der Waals surface area (Å²) in [7, 11) is 1.86. The van der Waals surface area contributed by atoms with E-state index in [4.69, 9.17) is 0 Å². The molecule has 1 aromatic carbocycles. The molecule has 1 aliphatic rings. The highest BCUT2D eigenvalue weighted by Crippen LogP contribution is 2.23. The predicted molar refractivity (Wildman–Crippen MR) is 72.2 cm³/mol. The average Bonchev–Trinajstić information content (AvgIpc) is 2.41. The first-order valence-corrected chi connectivity index (χ1v) is 6.21. The Hall–Kier alpha value is -2.10. The van der Waals surface area contributed by atoms with E-state index in [1.54, 1.807) is 17.0 Å². The molecule has 3 nitrogen and oxygen atoms in total. The average molecular weight is 260 g/mol. The van der Waals surface area contributed by atoms with Crippen LogP contribution in [-0.4, -0.2) is 22.8 Å². The molecule has 0 bridgehead atoms. The van der Waals surface area contributed by atoms with Crippen LogP contribution in [0.3, 0.4) is 0 Å². The number of hydrogen-bond donors (Lipinski definition) is 0. The number of hydrogen-bond acceptors (Lipinski definition) is 2. The molecule has 0 saturated heterocycles. The van der Waals surface area contributed by atoms with E-state index in [1.807, 2.05) is 25.1 Å². The van der Waals surface area contributed by atoms with Crippen LogP contribution in [0.5, 0.6) is 0 Å². The first-order chi connectivity index (χ1) is 9.02. The summed E-state index contributed by atoms with van der Waals surface area (Å²) < 4.78 is 12.9. The van der Waals surface area contributed by atoms with Crippen LogP contribution in [0, 0.1) is 5.82 Å². The smallest absolute Gasteiger partial charge is 0.257 e. The Bertz CT molecular complexity index is 534. The highest BCUT2D eigenvalue weighted by molar-refractivity contribution is 5.95. The lowest BCUT2D eigenvalue weighted by Gasteiger charge is -2.35. The summed E-state index contributed by atoms with van der Waals surface area (Å²) in [5.74, 6) is 0.320. The van der Waals surface area contributed by atoms with E-state index >= 15 is 0 Å². The molecule has 0 saturated carbocycles. The van der Waals surface area contributed by atoms with Gasteiger partial charge in [0.2, 0.25) is 0 Å². The van der Waals surface area contributed by atoms with Gasteiger partial charge in [-0.2, -0.15) is 0 Å². The number of amides is 1. The van der Waals surface area contributed by atoms with Crippen molar-refractivity contribution in [2.24, 2.45) is 0 Å². The van der Waals surface area contributed by atoms with Crippen LogP contribution in [0.2, 0.25) is 0 Å². The van der Waals surface area contributed by atoms with E-state index in [2.05, 4.69) is 6.58 Å². The van der Waals surface area contributed by atoms with Crippen LogP contribution in [0.1, 0.15) is 18.9 Å². The molecule has 0 spiro atoms. The van der Waals surface area contributed by atoms with Gasteiger partial charge in [-0.1, -0.05) is 25.6 Å². The third-order valence-electron chi connectivity index (χ3n) is 3.22. The monoisotopic (exact) mass is 260 g/mol. The van der Waals surface area contributed by atoms with Crippen molar-refractivity contribution in [2.75, 3.05) is 7.05 Å². The molecular weight excluding hydrogens is 243 g/mol. The summed E-state index contributed by atoms with van der Waals surface area (Å²) in [5, 5.41) is 0. The fourth-order valence-electron chi connectivity index (χ4n) is 2.02. The summed E-state index contributed by atoms with van der Waals surface area (Å²) in [6.07, 6.45) is 2.49. The fraction of sp³-hybridized carbons (Fsp3) is 0.267. The molecule has 0 unspecified atom stereocenters. The van der Waals surface area contributed by atoms with Crippen molar-refractivity contribution in [1.82, 2.24) is 9.80 Å². The first-order valence-electron chi connectivity index (χ1n) is 6.21. The molecule has 1 aliphatic heterocycles. The van der Waals surface area contributed by atoms with Gasteiger partial charge >= 0.3 is 0 Å². The van der Waals surface area contributed by atoms with Crippen LogP contribution < -0.4 is 0 Å². The molecular formula is C15H17FN2O. The zero-order chi connectivity index (χ0) is 14.0. The minimum absolute atomic E-state index is 0.0325. The summed E-state index contributed by atoms with van der Waals surface area (Å²) >= 11 is 0. The third kappa shape index (κ3) is 2.67. The lowest BCUT2D eigenvalue weighted by Crippen LogP contribution is -2.40. The molecule has 4 heteroatoms. The maximum absolute atomic E-state index is 12.9. The normalized spacial score (nSPS) is 15.8. The van der Waals surface area contributed by atoms with E-state index in [0.29, 0.717) is 18.8 Å². The summed E-state index contributed by atoms with van der Waals surface area (Å²) in [5.41, 5.74) is 1.62. The van der Waals surface area contributed by atoms with Crippen molar-refractivity contribution in [2.45, 2.75) is 19.9 Å². The minimum Gasteiger partial charge on any atom is -0.337 e. The lowest BCUT2D eigenvalue weighted by atomic mass is 10.1. The largest absolute Gasteiger partial charge is 0.337 e. The van der Waals surface area contributed by atoms with E-state index in [1.165, 1.54) is 12.1 Å². The Morgan fingerprint density at radius 2 is 1.89 bits per heavy atom. The standard InChI is InChI=1S/C15H17FN2O/c1-4-13-10-17(3)11(2)18(15(13)19)9-12-5-7-14(16)8-6-12/h5-8,10H,2,4,9H2,1,3H3. The van der Waals surface area contributed by atoms with Crippen molar-refractivity contribution in [3.63, 3.8) is 0 Å². The molecule has 0 radical (unpaired) electrons. The second-order valence-corrected chi connectivity index (χ2v) is 4.55. The zero-order valence-corrected chi connectivity index (χ0v) is 11.2. The Balaban J connectivity index is 2.23.